The molecular formula is C9H8F4O3S. The molecule has 1 aromatic carbocycles. The Morgan fingerprint density at radius 2 is 1.59 bits per heavy atom. The predicted octanol–water partition coefficient (Wildman–Crippen LogP) is 1.76. The Labute approximate surface area is 95.1 Å². The highest BCUT2D eigenvalue weighted by atomic mass is 32.2. The molecule has 0 saturated heterocycles. The summed E-state index contributed by atoms with van der Waals surface area (Å²) in [7, 11) is -3.77. The van der Waals surface area contributed by atoms with Crippen LogP contribution in [0.4, 0.5) is 17.6 Å². The molecule has 0 bridgehead atoms. The average Bonchev–Trinajstić information content (AvgIpc) is 2.19. The largest absolute Gasteiger partial charge is 0.270 e. The maximum atomic E-state index is 13.1. The van der Waals surface area contributed by atoms with E-state index in [4.69, 9.17) is 0 Å². The van der Waals surface area contributed by atoms with Gasteiger partial charge in [-0.25, -0.2) is 17.6 Å². The molecule has 1 aromatic rings. The summed E-state index contributed by atoms with van der Waals surface area (Å²) in [6.07, 6.45) is 0.144. The first kappa shape index (κ1) is 13.9. The van der Waals surface area contributed by atoms with Crippen LogP contribution in [0, 0.1) is 23.3 Å². The zero-order chi connectivity index (χ0) is 13.2. The summed E-state index contributed by atoms with van der Waals surface area (Å²) in [5.74, 6) is -6.20. The van der Waals surface area contributed by atoms with E-state index in [0.29, 0.717) is 0 Å². The Bertz CT molecular complexity index is 501. The van der Waals surface area contributed by atoms with Gasteiger partial charge in [0.1, 0.15) is 0 Å². The van der Waals surface area contributed by atoms with Crippen LogP contribution in [0.5, 0.6) is 0 Å². The van der Waals surface area contributed by atoms with Crippen LogP contribution in [0.25, 0.3) is 0 Å². The summed E-state index contributed by atoms with van der Waals surface area (Å²) >= 11 is 0. The lowest BCUT2D eigenvalue weighted by Gasteiger charge is -2.06. The highest BCUT2D eigenvalue weighted by Gasteiger charge is 2.19. The average molecular weight is 272 g/mol. The first-order valence-electron chi connectivity index (χ1n) is 4.38. The monoisotopic (exact) mass is 272 g/mol. The number of rotatable bonds is 4. The molecule has 8 heteroatoms. The Kier molecular flexibility index (Phi) is 4.10. The van der Waals surface area contributed by atoms with Gasteiger partial charge in [-0.3, -0.25) is 4.18 Å². The van der Waals surface area contributed by atoms with Gasteiger partial charge in [0, 0.05) is 18.1 Å². The minimum absolute atomic E-state index is 0.0750. The van der Waals surface area contributed by atoms with Crippen LogP contribution in [0.15, 0.2) is 6.07 Å². The fourth-order valence-corrected chi connectivity index (χ4v) is 1.52. The smallest absolute Gasteiger partial charge is 0.264 e. The number of hydrogen-bond donors (Lipinski definition) is 0. The minimum Gasteiger partial charge on any atom is -0.270 e. The maximum Gasteiger partial charge on any atom is 0.264 e. The fraction of sp³-hybridized carbons (Fsp3) is 0.333. The summed E-state index contributed by atoms with van der Waals surface area (Å²) in [6.45, 7) is -0.602. The quantitative estimate of drug-likeness (QED) is 0.476. The van der Waals surface area contributed by atoms with Gasteiger partial charge in [-0.2, -0.15) is 8.42 Å². The second-order valence-corrected chi connectivity index (χ2v) is 4.87. The molecular weight excluding hydrogens is 264 g/mol. The Balaban J connectivity index is 2.91. The van der Waals surface area contributed by atoms with Gasteiger partial charge in [0.15, 0.2) is 23.3 Å². The lowest BCUT2D eigenvalue weighted by Crippen LogP contribution is -2.10. The summed E-state index contributed by atoms with van der Waals surface area (Å²) in [4.78, 5) is 0. The van der Waals surface area contributed by atoms with Gasteiger partial charge in [0.25, 0.3) is 10.1 Å². The molecule has 0 radical (unpaired) electrons. The van der Waals surface area contributed by atoms with E-state index in [0.717, 1.165) is 6.26 Å². The van der Waals surface area contributed by atoms with E-state index >= 15 is 0 Å². The minimum atomic E-state index is -3.77. The van der Waals surface area contributed by atoms with E-state index in [9.17, 15) is 26.0 Å². The van der Waals surface area contributed by atoms with Crippen molar-refractivity contribution in [1.29, 1.82) is 0 Å². The number of hydrogen-bond acceptors (Lipinski definition) is 3. The maximum absolute atomic E-state index is 13.1. The van der Waals surface area contributed by atoms with Crippen LogP contribution in [-0.2, 0) is 20.7 Å². The second-order valence-electron chi connectivity index (χ2n) is 3.22. The Hall–Kier alpha value is -1.15. The van der Waals surface area contributed by atoms with Gasteiger partial charge in [0.05, 0.1) is 12.9 Å². The van der Waals surface area contributed by atoms with E-state index in [1.54, 1.807) is 0 Å². The van der Waals surface area contributed by atoms with Crippen LogP contribution in [-0.4, -0.2) is 21.3 Å². The molecule has 0 spiro atoms. The van der Waals surface area contributed by atoms with Crippen LogP contribution >= 0.6 is 0 Å². The third kappa shape index (κ3) is 3.67. The normalized spacial score (nSPS) is 11.8. The predicted molar refractivity (Wildman–Crippen MR) is 50.8 cm³/mol. The molecule has 0 fully saturated rings. The van der Waals surface area contributed by atoms with Crippen LogP contribution < -0.4 is 0 Å². The van der Waals surface area contributed by atoms with Crippen molar-refractivity contribution in [2.24, 2.45) is 0 Å². The van der Waals surface area contributed by atoms with Crippen molar-refractivity contribution in [3.8, 4) is 0 Å². The van der Waals surface area contributed by atoms with Gasteiger partial charge in [-0.1, -0.05) is 0 Å². The lowest BCUT2D eigenvalue weighted by molar-refractivity contribution is 0.318. The lowest BCUT2D eigenvalue weighted by atomic mass is 10.1. The molecule has 0 amide bonds. The van der Waals surface area contributed by atoms with Crippen molar-refractivity contribution in [2.45, 2.75) is 6.42 Å². The van der Waals surface area contributed by atoms with Crippen molar-refractivity contribution < 1.29 is 30.2 Å². The molecule has 0 N–H and O–H groups in total. The molecule has 17 heavy (non-hydrogen) atoms. The molecule has 0 heterocycles. The third-order valence-corrected chi connectivity index (χ3v) is 2.45. The topological polar surface area (TPSA) is 43.4 Å². The molecule has 0 unspecified atom stereocenters. The first-order valence-corrected chi connectivity index (χ1v) is 6.20. The van der Waals surface area contributed by atoms with Crippen molar-refractivity contribution in [3.05, 3.63) is 34.9 Å². The molecule has 0 aliphatic heterocycles. The van der Waals surface area contributed by atoms with Crippen LogP contribution in [0.3, 0.4) is 0 Å². The molecule has 0 saturated carbocycles. The van der Waals surface area contributed by atoms with Crippen LogP contribution in [0.1, 0.15) is 5.56 Å². The van der Waals surface area contributed by atoms with E-state index < -0.39 is 52.0 Å². The summed E-state index contributed by atoms with van der Waals surface area (Å²) < 4.78 is 77.0. The van der Waals surface area contributed by atoms with Gasteiger partial charge in [-0.15, -0.1) is 0 Å². The van der Waals surface area contributed by atoms with E-state index in [-0.39, 0.29) is 6.07 Å². The summed E-state index contributed by atoms with van der Waals surface area (Å²) in [5, 5.41) is 0. The molecule has 0 aromatic heterocycles. The zero-order valence-electron chi connectivity index (χ0n) is 8.64. The fourth-order valence-electron chi connectivity index (χ4n) is 1.14. The van der Waals surface area contributed by atoms with Gasteiger partial charge < -0.3 is 0 Å². The highest BCUT2D eigenvalue weighted by molar-refractivity contribution is 7.85. The van der Waals surface area contributed by atoms with E-state index in [2.05, 4.69) is 4.18 Å². The molecule has 3 nitrogen and oxygen atoms in total. The molecule has 0 aliphatic carbocycles. The third-order valence-electron chi connectivity index (χ3n) is 1.85. The number of halogens is 4. The molecule has 1 rings (SSSR count). The summed E-state index contributed by atoms with van der Waals surface area (Å²) in [5.41, 5.74) is -0.883. The van der Waals surface area contributed by atoms with Crippen molar-refractivity contribution in [2.75, 3.05) is 12.9 Å². The highest BCUT2D eigenvalue weighted by Crippen LogP contribution is 2.19. The van der Waals surface area contributed by atoms with Crippen LogP contribution in [0.2, 0.25) is 0 Å². The molecule has 96 valence electrons. The first-order chi connectivity index (χ1) is 7.72. The van der Waals surface area contributed by atoms with Crippen molar-refractivity contribution in [1.82, 2.24) is 0 Å². The SMILES string of the molecule is CS(=O)(=O)OCCc1c(F)c(F)cc(F)c1F. The standard InChI is InChI=1S/C9H8F4O3S/c1-17(14,15)16-3-2-5-8(12)6(10)4-7(11)9(5)13/h4H,2-3H2,1H3. The molecule has 0 aliphatic rings. The van der Waals surface area contributed by atoms with Crippen molar-refractivity contribution >= 4 is 10.1 Å². The Morgan fingerprint density at radius 1 is 1.12 bits per heavy atom. The van der Waals surface area contributed by atoms with Gasteiger partial charge >= 0.3 is 0 Å². The zero-order valence-corrected chi connectivity index (χ0v) is 9.45. The van der Waals surface area contributed by atoms with Crippen molar-refractivity contribution in [3.63, 3.8) is 0 Å². The Morgan fingerprint density at radius 3 is 2.00 bits per heavy atom. The van der Waals surface area contributed by atoms with Gasteiger partial charge in [0.2, 0.25) is 0 Å². The summed E-state index contributed by atoms with van der Waals surface area (Å²) in [6, 6.07) is 0.0750. The van der Waals surface area contributed by atoms with Gasteiger partial charge in [-0.05, 0) is 0 Å². The van der Waals surface area contributed by atoms with E-state index in [1.807, 2.05) is 0 Å². The second kappa shape index (κ2) is 5.01. The van der Waals surface area contributed by atoms with E-state index in [1.165, 1.54) is 0 Å². The molecule has 0 atom stereocenters. The number of benzene rings is 1.